The number of rotatable bonds is 3. The molecule has 1 N–H and O–H groups in total. The van der Waals surface area contributed by atoms with Crippen LogP contribution in [0.25, 0.3) is 11.1 Å². The smallest absolute Gasteiger partial charge is 0.257 e. The highest BCUT2D eigenvalue weighted by atomic mass is 35.5. The molecule has 4 rings (SSSR count). The lowest BCUT2D eigenvalue weighted by Gasteiger charge is -2.30. The van der Waals surface area contributed by atoms with Crippen LogP contribution in [0.2, 0.25) is 10.0 Å². The highest BCUT2D eigenvalue weighted by Gasteiger charge is 2.38. The molecule has 0 spiro atoms. The second-order valence-electron chi connectivity index (χ2n) is 6.93. The van der Waals surface area contributed by atoms with E-state index >= 15 is 0 Å². The van der Waals surface area contributed by atoms with Crippen molar-refractivity contribution < 1.29 is 14.6 Å². The van der Waals surface area contributed by atoms with E-state index in [1.165, 1.54) is 0 Å². The van der Waals surface area contributed by atoms with Gasteiger partial charge >= 0.3 is 0 Å². The van der Waals surface area contributed by atoms with Crippen molar-refractivity contribution in [2.45, 2.75) is 39.0 Å². The van der Waals surface area contributed by atoms with Gasteiger partial charge in [0.25, 0.3) is 5.91 Å². The summed E-state index contributed by atoms with van der Waals surface area (Å²) in [6.45, 7) is 3.43. The molecule has 0 radical (unpaired) electrons. The molecule has 2 aromatic rings. The molecule has 1 fully saturated rings. The SMILES string of the molecule is Cc1nc2c(c(-c3ccc(Cl)cc3Cl)c1CO)C(=O)N(C1CCOCC1)C2. The monoisotopic (exact) mass is 406 g/mol. The summed E-state index contributed by atoms with van der Waals surface area (Å²) >= 11 is 12.5. The molecule has 3 heterocycles. The second-order valence-corrected chi connectivity index (χ2v) is 7.77. The molecule has 142 valence electrons. The number of aliphatic hydroxyl groups excluding tert-OH is 1. The minimum Gasteiger partial charge on any atom is -0.392 e. The molecule has 7 heteroatoms. The van der Waals surface area contributed by atoms with Gasteiger partial charge in [-0.15, -0.1) is 0 Å². The third kappa shape index (κ3) is 3.23. The fourth-order valence-corrected chi connectivity index (χ4v) is 4.50. The molecule has 2 aliphatic heterocycles. The van der Waals surface area contributed by atoms with Crippen LogP contribution < -0.4 is 0 Å². The zero-order valence-corrected chi connectivity index (χ0v) is 16.5. The molecular formula is C20H20Cl2N2O3. The molecule has 1 aromatic heterocycles. The number of ether oxygens (including phenoxy) is 1. The van der Waals surface area contributed by atoms with E-state index < -0.39 is 0 Å². The average Bonchev–Trinajstić information content (AvgIpc) is 2.98. The summed E-state index contributed by atoms with van der Waals surface area (Å²) in [6.07, 6.45) is 1.64. The fraction of sp³-hybridized carbons (Fsp3) is 0.400. The van der Waals surface area contributed by atoms with E-state index in [0.29, 0.717) is 57.8 Å². The molecule has 0 saturated carbocycles. The Labute approximate surface area is 167 Å². The fourth-order valence-electron chi connectivity index (χ4n) is 4.00. The maximum Gasteiger partial charge on any atom is 0.257 e. The predicted octanol–water partition coefficient (Wildman–Crippen LogP) is 3.99. The number of pyridine rings is 1. The van der Waals surface area contributed by atoms with Crippen molar-refractivity contribution in [1.29, 1.82) is 0 Å². The van der Waals surface area contributed by atoms with Crippen LogP contribution in [0.3, 0.4) is 0 Å². The number of amides is 1. The van der Waals surface area contributed by atoms with Crippen LogP contribution >= 0.6 is 23.2 Å². The highest BCUT2D eigenvalue weighted by molar-refractivity contribution is 6.36. The van der Waals surface area contributed by atoms with E-state index in [1.807, 2.05) is 11.8 Å². The maximum absolute atomic E-state index is 13.3. The van der Waals surface area contributed by atoms with Gasteiger partial charge in [0, 0.05) is 51.7 Å². The van der Waals surface area contributed by atoms with E-state index in [4.69, 9.17) is 27.9 Å². The van der Waals surface area contributed by atoms with Gasteiger partial charge in [0.15, 0.2) is 0 Å². The molecular weight excluding hydrogens is 387 g/mol. The Kier molecular flexibility index (Phi) is 5.12. The average molecular weight is 407 g/mol. The largest absolute Gasteiger partial charge is 0.392 e. The van der Waals surface area contributed by atoms with E-state index in [9.17, 15) is 9.90 Å². The van der Waals surface area contributed by atoms with Gasteiger partial charge in [-0.3, -0.25) is 9.78 Å². The number of aryl methyl sites for hydroxylation is 1. The van der Waals surface area contributed by atoms with Crippen LogP contribution in [0, 0.1) is 6.92 Å². The molecule has 27 heavy (non-hydrogen) atoms. The standard InChI is InChI=1S/C20H20Cl2N2O3/c1-11-15(10-25)18(14-3-2-12(21)8-16(14)22)19-17(23-11)9-24(20(19)26)13-4-6-27-7-5-13/h2-3,8,13,25H,4-7,9-10H2,1H3. The highest BCUT2D eigenvalue weighted by Crippen LogP contribution is 2.40. The van der Waals surface area contributed by atoms with Gasteiger partial charge in [-0.25, -0.2) is 0 Å². The summed E-state index contributed by atoms with van der Waals surface area (Å²) in [4.78, 5) is 19.9. The lowest BCUT2D eigenvalue weighted by Crippen LogP contribution is -2.39. The lowest BCUT2D eigenvalue weighted by molar-refractivity contribution is 0.0302. The minimum atomic E-state index is -0.217. The molecule has 0 aliphatic carbocycles. The summed E-state index contributed by atoms with van der Waals surface area (Å²) in [5.74, 6) is -0.0554. The van der Waals surface area contributed by atoms with E-state index in [-0.39, 0.29) is 18.6 Å². The Morgan fingerprint density at radius 1 is 1.26 bits per heavy atom. The molecule has 1 saturated heterocycles. The summed E-state index contributed by atoms with van der Waals surface area (Å²) < 4.78 is 5.43. The number of aliphatic hydroxyl groups is 1. The van der Waals surface area contributed by atoms with E-state index in [2.05, 4.69) is 4.98 Å². The number of fused-ring (bicyclic) bond motifs is 1. The van der Waals surface area contributed by atoms with Crippen molar-refractivity contribution in [1.82, 2.24) is 9.88 Å². The minimum absolute atomic E-state index is 0.0554. The first kappa shape index (κ1) is 18.7. The Hall–Kier alpha value is -1.66. The number of hydrogen-bond donors (Lipinski definition) is 1. The second kappa shape index (κ2) is 7.40. The van der Waals surface area contributed by atoms with E-state index in [0.717, 1.165) is 18.5 Å². The normalized spacial score (nSPS) is 17.5. The van der Waals surface area contributed by atoms with Crippen molar-refractivity contribution in [2.24, 2.45) is 0 Å². The van der Waals surface area contributed by atoms with Crippen molar-refractivity contribution in [3.8, 4) is 11.1 Å². The van der Waals surface area contributed by atoms with Crippen LogP contribution in [-0.4, -0.2) is 40.2 Å². The number of hydrogen-bond acceptors (Lipinski definition) is 4. The third-order valence-electron chi connectivity index (χ3n) is 5.36. The Balaban J connectivity index is 1.87. The van der Waals surface area contributed by atoms with Gasteiger partial charge in [-0.2, -0.15) is 0 Å². The van der Waals surface area contributed by atoms with Crippen LogP contribution in [0.4, 0.5) is 0 Å². The first-order valence-electron chi connectivity index (χ1n) is 8.98. The van der Waals surface area contributed by atoms with Crippen LogP contribution in [-0.2, 0) is 17.9 Å². The first-order chi connectivity index (χ1) is 13.0. The molecule has 1 aromatic carbocycles. The molecule has 5 nitrogen and oxygen atoms in total. The number of carbonyl (C=O) groups is 1. The van der Waals surface area contributed by atoms with Crippen LogP contribution in [0.5, 0.6) is 0 Å². The van der Waals surface area contributed by atoms with Gasteiger partial charge in [0.05, 0.1) is 24.4 Å². The molecule has 0 atom stereocenters. The zero-order valence-electron chi connectivity index (χ0n) is 15.0. The number of aromatic nitrogens is 1. The third-order valence-corrected chi connectivity index (χ3v) is 5.91. The first-order valence-corrected chi connectivity index (χ1v) is 9.74. The molecule has 0 bridgehead atoms. The summed E-state index contributed by atoms with van der Waals surface area (Å²) in [7, 11) is 0. The molecule has 2 aliphatic rings. The topological polar surface area (TPSA) is 62.7 Å². The van der Waals surface area contributed by atoms with E-state index in [1.54, 1.807) is 18.2 Å². The molecule has 1 amide bonds. The predicted molar refractivity (Wildman–Crippen MR) is 104 cm³/mol. The lowest BCUT2D eigenvalue weighted by atomic mass is 9.93. The van der Waals surface area contributed by atoms with Crippen LogP contribution in [0.1, 0.15) is 40.2 Å². The van der Waals surface area contributed by atoms with Gasteiger partial charge in [-0.1, -0.05) is 29.3 Å². The number of carbonyl (C=O) groups excluding carboxylic acids is 1. The van der Waals surface area contributed by atoms with Crippen molar-refractivity contribution in [3.63, 3.8) is 0 Å². The number of nitrogens with zero attached hydrogens (tertiary/aromatic N) is 2. The Morgan fingerprint density at radius 3 is 2.67 bits per heavy atom. The van der Waals surface area contributed by atoms with Crippen LogP contribution in [0.15, 0.2) is 18.2 Å². The van der Waals surface area contributed by atoms with Gasteiger partial charge in [-0.05, 0) is 31.9 Å². The zero-order chi connectivity index (χ0) is 19.1. The summed E-state index contributed by atoms with van der Waals surface area (Å²) in [5, 5.41) is 11.0. The number of benzene rings is 1. The molecule has 0 unspecified atom stereocenters. The Morgan fingerprint density at radius 2 is 2.00 bits per heavy atom. The van der Waals surface area contributed by atoms with Gasteiger partial charge in [0.2, 0.25) is 0 Å². The number of halogens is 2. The van der Waals surface area contributed by atoms with Crippen molar-refractivity contribution >= 4 is 29.1 Å². The van der Waals surface area contributed by atoms with Crippen molar-refractivity contribution in [2.75, 3.05) is 13.2 Å². The summed E-state index contributed by atoms with van der Waals surface area (Å²) in [5.41, 5.74) is 3.97. The van der Waals surface area contributed by atoms with Crippen molar-refractivity contribution in [3.05, 3.63) is 50.8 Å². The summed E-state index contributed by atoms with van der Waals surface area (Å²) in [6, 6.07) is 5.33. The van der Waals surface area contributed by atoms with Gasteiger partial charge in [0.1, 0.15) is 0 Å². The quantitative estimate of drug-likeness (QED) is 0.836. The maximum atomic E-state index is 13.3. The van der Waals surface area contributed by atoms with Gasteiger partial charge < -0.3 is 14.7 Å². The Bertz CT molecular complexity index is 911.